The van der Waals surface area contributed by atoms with Gasteiger partial charge in [-0.15, -0.1) is 12.4 Å². The Kier molecular flexibility index (Phi) is 3.53. The van der Waals surface area contributed by atoms with Crippen molar-refractivity contribution < 1.29 is 9.47 Å². The van der Waals surface area contributed by atoms with Gasteiger partial charge in [0.2, 0.25) is 6.79 Å². The molecule has 5 heteroatoms. The smallest absolute Gasteiger partial charge is 0.231 e. The van der Waals surface area contributed by atoms with Crippen molar-refractivity contribution in [1.82, 2.24) is 10.6 Å². The zero-order chi connectivity index (χ0) is 10.1. The lowest BCUT2D eigenvalue weighted by Gasteiger charge is -2.25. The van der Waals surface area contributed by atoms with Gasteiger partial charge in [0.05, 0.1) is 0 Å². The predicted octanol–water partition coefficient (Wildman–Crippen LogP) is 1.07. The number of piperazine rings is 1. The Labute approximate surface area is 101 Å². The van der Waals surface area contributed by atoms with Crippen LogP contribution in [-0.4, -0.2) is 26.4 Å². The van der Waals surface area contributed by atoms with Crippen molar-refractivity contribution in [3.05, 3.63) is 23.8 Å². The van der Waals surface area contributed by atoms with Gasteiger partial charge in [0.15, 0.2) is 11.5 Å². The molecule has 2 aliphatic rings. The maximum absolute atomic E-state index is 5.49. The lowest BCUT2D eigenvalue weighted by Crippen LogP contribution is -2.42. The van der Waals surface area contributed by atoms with Crippen molar-refractivity contribution in [3.8, 4) is 11.5 Å². The molecule has 1 aromatic carbocycles. The minimum atomic E-state index is 0. The number of ether oxygens (including phenoxy) is 2. The Balaban J connectivity index is 0.000000963. The number of benzene rings is 1. The lowest BCUT2D eigenvalue weighted by molar-refractivity contribution is 0.172. The summed E-state index contributed by atoms with van der Waals surface area (Å²) >= 11 is 0. The average Bonchev–Trinajstić information content (AvgIpc) is 2.78. The Hall–Kier alpha value is -0.970. The molecular formula is C11H15ClN2O2. The van der Waals surface area contributed by atoms with Crippen molar-refractivity contribution >= 4 is 12.4 Å². The van der Waals surface area contributed by atoms with Crippen LogP contribution in [0.2, 0.25) is 0 Å². The van der Waals surface area contributed by atoms with Crippen LogP contribution < -0.4 is 20.1 Å². The van der Waals surface area contributed by atoms with E-state index in [1.807, 2.05) is 12.1 Å². The summed E-state index contributed by atoms with van der Waals surface area (Å²) in [6.45, 7) is 3.31. The fourth-order valence-corrected chi connectivity index (χ4v) is 2.10. The molecule has 0 saturated carbocycles. The molecule has 3 rings (SSSR count). The summed E-state index contributed by atoms with van der Waals surface area (Å²) in [6, 6.07) is 6.38. The van der Waals surface area contributed by atoms with E-state index < -0.39 is 0 Å². The fraction of sp³-hybridized carbons (Fsp3) is 0.455. The van der Waals surface area contributed by atoms with Gasteiger partial charge in [0.25, 0.3) is 0 Å². The number of para-hydroxylation sites is 1. The molecule has 0 aliphatic carbocycles. The van der Waals surface area contributed by atoms with Crippen LogP contribution in [-0.2, 0) is 0 Å². The van der Waals surface area contributed by atoms with Gasteiger partial charge in [-0.1, -0.05) is 12.1 Å². The largest absolute Gasteiger partial charge is 0.454 e. The van der Waals surface area contributed by atoms with Crippen molar-refractivity contribution in [2.45, 2.75) is 6.04 Å². The van der Waals surface area contributed by atoms with Crippen LogP contribution in [0.25, 0.3) is 0 Å². The SMILES string of the molecule is Cl.c1cc2c(c([C@H]3CNCCN3)c1)OCO2. The zero-order valence-corrected chi connectivity index (χ0v) is 9.68. The molecule has 88 valence electrons. The van der Waals surface area contributed by atoms with Gasteiger partial charge in [-0.2, -0.15) is 0 Å². The molecule has 0 unspecified atom stereocenters. The van der Waals surface area contributed by atoms with Crippen LogP contribution in [0, 0.1) is 0 Å². The average molecular weight is 243 g/mol. The number of fused-ring (bicyclic) bond motifs is 1. The molecule has 0 bridgehead atoms. The molecule has 0 radical (unpaired) electrons. The van der Waals surface area contributed by atoms with Crippen LogP contribution in [0.1, 0.15) is 11.6 Å². The minimum Gasteiger partial charge on any atom is -0.454 e. The van der Waals surface area contributed by atoms with E-state index in [4.69, 9.17) is 9.47 Å². The van der Waals surface area contributed by atoms with Crippen molar-refractivity contribution in [1.29, 1.82) is 0 Å². The first-order chi connectivity index (χ1) is 7.45. The third-order valence-electron chi connectivity index (χ3n) is 2.84. The Morgan fingerprint density at radius 2 is 2.12 bits per heavy atom. The van der Waals surface area contributed by atoms with Gasteiger partial charge in [-0.3, -0.25) is 0 Å². The Bertz CT molecular complexity index is 367. The molecule has 2 heterocycles. The summed E-state index contributed by atoms with van der Waals surface area (Å²) < 4.78 is 10.9. The molecule has 1 aromatic rings. The maximum atomic E-state index is 5.49. The van der Waals surface area contributed by atoms with Gasteiger partial charge in [0, 0.05) is 31.2 Å². The van der Waals surface area contributed by atoms with Gasteiger partial charge >= 0.3 is 0 Å². The third-order valence-corrected chi connectivity index (χ3v) is 2.84. The standard InChI is InChI=1S/C11H14N2O2.ClH/c1-2-8(9-6-12-4-5-13-9)11-10(3-1)14-7-15-11;/h1-3,9,12-13H,4-7H2;1H/t9-;/m1./s1. The molecule has 4 nitrogen and oxygen atoms in total. The molecule has 1 saturated heterocycles. The highest BCUT2D eigenvalue weighted by molar-refractivity contribution is 5.85. The first kappa shape index (κ1) is 11.5. The first-order valence-electron chi connectivity index (χ1n) is 5.28. The maximum Gasteiger partial charge on any atom is 0.231 e. The van der Waals surface area contributed by atoms with Crippen molar-refractivity contribution in [2.75, 3.05) is 26.4 Å². The minimum absolute atomic E-state index is 0. The van der Waals surface area contributed by atoms with E-state index in [9.17, 15) is 0 Å². The molecule has 0 spiro atoms. The molecule has 16 heavy (non-hydrogen) atoms. The number of hydrogen-bond acceptors (Lipinski definition) is 4. The summed E-state index contributed by atoms with van der Waals surface area (Å²) in [5, 5.41) is 6.83. The van der Waals surface area contributed by atoms with Crippen molar-refractivity contribution in [3.63, 3.8) is 0 Å². The van der Waals surface area contributed by atoms with Crippen LogP contribution >= 0.6 is 12.4 Å². The van der Waals surface area contributed by atoms with Gasteiger partial charge < -0.3 is 20.1 Å². The predicted molar refractivity (Wildman–Crippen MR) is 63.4 cm³/mol. The van der Waals surface area contributed by atoms with Crippen LogP contribution in [0.3, 0.4) is 0 Å². The highest BCUT2D eigenvalue weighted by atomic mass is 35.5. The molecule has 2 aliphatic heterocycles. The van der Waals surface area contributed by atoms with Gasteiger partial charge in [-0.25, -0.2) is 0 Å². The second-order valence-corrected chi connectivity index (χ2v) is 3.79. The number of nitrogens with one attached hydrogen (secondary N) is 2. The van der Waals surface area contributed by atoms with Crippen molar-refractivity contribution in [2.24, 2.45) is 0 Å². The summed E-state index contributed by atoms with van der Waals surface area (Å²) in [6.07, 6.45) is 0. The first-order valence-corrected chi connectivity index (χ1v) is 5.28. The lowest BCUT2D eigenvalue weighted by atomic mass is 10.0. The fourth-order valence-electron chi connectivity index (χ4n) is 2.10. The zero-order valence-electron chi connectivity index (χ0n) is 8.86. The number of halogens is 1. The van der Waals surface area contributed by atoms with E-state index in [1.54, 1.807) is 0 Å². The van der Waals surface area contributed by atoms with Crippen LogP contribution in [0.4, 0.5) is 0 Å². The number of rotatable bonds is 1. The van der Waals surface area contributed by atoms with E-state index in [-0.39, 0.29) is 12.4 Å². The highest BCUT2D eigenvalue weighted by Crippen LogP contribution is 2.38. The summed E-state index contributed by atoms with van der Waals surface area (Å²) in [5.74, 6) is 1.76. The second kappa shape index (κ2) is 4.91. The van der Waals surface area contributed by atoms with E-state index in [0.717, 1.165) is 31.1 Å². The Morgan fingerprint density at radius 3 is 2.94 bits per heavy atom. The van der Waals surface area contributed by atoms with Crippen LogP contribution in [0.5, 0.6) is 11.5 Å². The van der Waals surface area contributed by atoms with E-state index in [0.29, 0.717) is 12.8 Å². The van der Waals surface area contributed by atoms with Crippen LogP contribution in [0.15, 0.2) is 18.2 Å². The summed E-state index contributed by atoms with van der Waals surface area (Å²) in [7, 11) is 0. The highest BCUT2D eigenvalue weighted by Gasteiger charge is 2.23. The monoisotopic (exact) mass is 242 g/mol. The normalized spacial score (nSPS) is 22.6. The van der Waals surface area contributed by atoms with Gasteiger partial charge in [-0.05, 0) is 6.07 Å². The molecule has 2 N–H and O–H groups in total. The van der Waals surface area contributed by atoms with E-state index in [1.165, 1.54) is 5.56 Å². The molecular weight excluding hydrogens is 228 g/mol. The summed E-state index contributed by atoms with van der Waals surface area (Å²) in [4.78, 5) is 0. The molecule has 0 aromatic heterocycles. The van der Waals surface area contributed by atoms with E-state index in [2.05, 4.69) is 16.7 Å². The molecule has 1 fully saturated rings. The summed E-state index contributed by atoms with van der Waals surface area (Å²) in [5.41, 5.74) is 1.19. The molecule has 1 atom stereocenters. The number of hydrogen-bond donors (Lipinski definition) is 2. The quantitative estimate of drug-likeness (QED) is 0.773. The topological polar surface area (TPSA) is 42.5 Å². The van der Waals surface area contributed by atoms with Gasteiger partial charge in [0.1, 0.15) is 0 Å². The third kappa shape index (κ3) is 1.96. The second-order valence-electron chi connectivity index (χ2n) is 3.79. The van der Waals surface area contributed by atoms with E-state index >= 15 is 0 Å². The molecule has 0 amide bonds. The Morgan fingerprint density at radius 1 is 1.19 bits per heavy atom.